The number of halogens is 1. The van der Waals surface area contributed by atoms with E-state index in [2.05, 4.69) is 5.32 Å². The van der Waals surface area contributed by atoms with E-state index in [4.69, 9.17) is 5.73 Å². The largest absolute Gasteiger partial charge is 0.506 e. The summed E-state index contributed by atoms with van der Waals surface area (Å²) in [4.78, 5) is 11.9. The molecule has 0 atom stereocenters. The molecule has 0 bridgehead atoms. The van der Waals surface area contributed by atoms with Gasteiger partial charge in [0.15, 0.2) is 0 Å². The summed E-state index contributed by atoms with van der Waals surface area (Å²) in [5.41, 5.74) is 6.03. The Hall–Kier alpha value is -2.56. The molecular weight excluding hydrogens is 235 g/mol. The summed E-state index contributed by atoms with van der Waals surface area (Å²) in [7, 11) is 0. The molecule has 0 fully saturated rings. The highest BCUT2D eigenvalue weighted by Crippen LogP contribution is 2.23. The molecule has 92 valence electrons. The minimum Gasteiger partial charge on any atom is -0.506 e. The van der Waals surface area contributed by atoms with Gasteiger partial charge in [-0.15, -0.1) is 0 Å². The van der Waals surface area contributed by atoms with Crippen LogP contribution in [0, 0.1) is 5.82 Å². The number of phenolic OH excluding ortho intramolecular Hbond substituents is 1. The van der Waals surface area contributed by atoms with Crippen LogP contribution in [0.25, 0.3) is 0 Å². The number of aromatic hydroxyl groups is 1. The molecule has 0 heterocycles. The van der Waals surface area contributed by atoms with Gasteiger partial charge in [-0.05, 0) is 30.3 Å². The number of hydrogen-bond donors (Lipinski definition) is 3. The number of amides is 1. The molecule has 0 unspecified atom stereocenters. The zero-order valence-electron chi connectivity index (χ0n) is 9.35. The molecule has 0 spiro atoms. The fraction of sp³-hybridized carbons (Fsp3) is 0. The molecule has 0 aromatic heterocycles. The van der Waals surface area contributed by atoms with Gasteiger partial charge in [0, 0.05) is 5.69 Å². The third-order valence-corrected chi connectivity index (χ3v) is 2.41. The second-order valence-corrected chi connectivity index (χ2v) is 3.70. The zero-order valence-corrected chi connectivity index (χ0v) is 9.35. The van der Waals surface area contributed by atoms with Crippen LogP contribution in [-0.4, -0.2) is 11.0 Å². The third-order valence-electron chi connectivity index (χ3n) is 2.41. The molecule has 4 N–H and O–H groups in total. The molecule has 0 aliphatic rings. The maximum absolute atomic E-state index is 13.0. The van der Waals surface area contributed by atoms with Crippen molar-refractivity contribution in [3.05, 3.63) is 53.8 Å². The molecule has 0 saturated heterocycles. The first-order chi connectivity index (χ1) is 8.58. The summed E-state index contributed by atoms with van der Waals surface area (Å²) in [6.45, 7) is 0. The zero-order chi connectivity index (χ0) is 13.1. The van der Waals surface area contributed by atoms with Crippen LogP contribution in [0.4, 0.5) is 15.8 Å². The topological polar surface area (TPSA) is 75.4 Å². The number of nitrogen functional groups attached to an aromatic ring is 1. The average Bonchev–Trinajstić information content (AvgIpc) is 2.35. The van der Waals surface area contributed by atoms with Gasteiger partial charge in [-0.1, -0.05) is 12.1 Å². The SMILES string of the molecule is Nc1ccc(F)cc1C(=O)Nc1ccccc1O. The number of carbonyl (C=O) groups excluding carboxylic acids is 1. The van der Waals surface area contributed by atoms with Gasteiger partial charge < -0.3 is 16.2 Å². The van der Waals surface area contributed by atoms with Crippen LogP contribution in [0.15, 0.2) is 42.5 Å². The lowest BCUT2D eigenvalue weighted by molar-refractivity contribution is 0.102. The van der Waals surface area contributed by atoms with Gasteiger partial charge in [0.2, 0.25) is 0 Å². The standard InChI is InChI=1S/C13H11FN2O2/c14-8-5-6-10(15)9(7-8)13(18)16-11-3-1-2-4-12(11)17/h1-7,17H,15H2,(H,16,18). The lowest BCUT2D eigenvalue weighted by atomic mass is 10.1. The van der Waals surface area contributed by atoms with E-state index in [0.29, 0.717) is 0 Å². The molecule has 4 nitrogen and oxygen atoms in total. The van der Waals surface area contributed by atoms with Crippen LogP contribution in [0.1, 0.15) is 10.4 Å². The summed E-state index contributed by atoms with van der Waals surface area (Å²) in [6, 6.07) is 9.78. The smallest absolute Gasteiger partial charge is 0.257 e. The third kappa shape index (κ3) is 2.40. The average molecular weight is 246 g/mol. The Morgan fingerprint density at radius 2 is 1.94 bits per heavy atom. The molecule has 18 heavy (non-hydrogen) atoms. The Bertz CT molecular complexity index is 599. The van der Waals surface area contributed by atoms with Crippen molar-refractivity contribution in [2.45, 2.75) is 0 Å². The molecule has 2 aromatic carbocycles. The fourth-order valence-electron chi connectivity index (χ4n) is 1.49. The highest BCUT2D eigenvalue weighted by atomic mass is 19.1. The van der Waals surface area contributed by atoms with Crippen molar-refractivity contribution < 1.29 is 14.3 Å². The maximum atomic E-state index is 13.0. The monoisotopic (exact) mass is 246 g/mol. The van der Waals surface area contributed by atoms with Crippen LogP contribution < -0.4 is 11.1 Å². The fourth-order valence-corrected chi connectivity index (χ4v) is 1.49. The van der Waals surface area contributed by atoms with Gasteiger partial charge in [0.05, 0.1) is 11.3 Å². The number of nitrogens with one attached hydrogen (secondary N) is 1. The number of anilines is 2. The van der Waals surface area contributed by atoms with Crippen LogP contribution >= 0.6 is 0 Å². The van der Waals surface area contributed by atoms with Crippen molar-refractivity contribution in [3.63, 3.8) is 0 Å². The van der Waals surface area contributed by atoms with E-state index < -0.39 is 11.7 Å². The molecular formula is C13H11FN2O2. The summed E-state index contributed by atoms with van der Waals surface area (Å²) in [5, 5.41) is 12.0. The van der Waals surface area contributed by atoms with Gasteiger partial charge in [0.25, 0.3) is 5.91 Å². The Kier molecular flexibility index (Phi) is 3.14. The Morgan fingerprint density at radius 1 is 1.22 bits per heavy atom. The number of carbonyl (C=O) groups is 1. The first kappa shape index (κ1) is 11.9. The quantitative estimate of drug-likeness (QED) is 0.562. The van der Waals surface area contributed by atoms with Crippen molar-refractivity contribution in [3.8, 4) is 5.75 Å². The van der Waals surface area contributed by atoms with Crippen LogP contribution in [0.2, 0.25) is 0 Å². The molecule has 5 heteroatoms. The van der Waals surface area contributed by atoms with E-state index in [0.717, 1.165) is 6.07 Å². The molecule has 0 aliphatic heterocycles. The van der Waals surface area contributed by atoms with Crippen LogP contribution in [0.3, 0.4) is 0 Å². The second kappa shape index (κ2) is 4.75. The first-order valence-electron chi connectivity index (χ1n) is 5.22. The molecule has 2 rings (SSSR count). The van der Waals surface area contributed by atoms with Crippen molar-refractivity contribution in [2.75, 3.05) is 11.1 Å². The van der Waals surface area contributed by atoms with Gasteiger partial charge in [-0.2, -0.15) is 0 Å². The minimum absolute atomic E-state index is 0.0262. The number of benzene rings is 2. The van der Waals surface area contributed by atoms with Crippen molar-refractivity contribution in [1.82, 2.24) is 0 Å². The van der Waals surface area contributed by atoms with Crippen molar-refractivity contribution in [1.29, 1.82) is 0 Å². The molecule has 2 aromatic rings. The minimum atomic E-state index is -0.575. The second-order valence-electron chi connectivity index (χ2n) is 3.70. The molecule has 0 saturated carbocycles. The van der Waals surface area contributed by atoms with Gasteiger partial charge >= 0.3 is 0 Å². The lowest BCUT2D eigenvalue weighted by Gasteiger charge is -2.08. The van der Waals surface area contributed by atoms with Crippen molar-refractivity contribution >= 4 is 17.3 Å². The van der Waals surface area contributed by atoms with Gasteiger partial charge in [-0.3, -0.25) is 4.79 Å². The summed E-state index contributed by atoms with van der Waals surface area (Å²) >= 11 is 0. The number of para-hydroxylation sites is 2. The van der Waals surface area contributed by atoms with Gasteiger partial charge in [0.1, 0.15) is 11.6 Å². The van der Waals surface area contributed by atoms with E-state index in [1.165, 1.54) is 24.3 Å². The molecule has 1 amide bonds. The van der Waals surface area contributed by atoms with E-state index in [1.807, 2.05) is 0 Å². The Labute approximate surface area is 103 Å². The highest BCUT2D eigenvalue weighted by molar-refractivity contribution is 6.08. The van der Waals surface area contributed by atoms with Crippen LogP contribution in [-0.2, 0) is 0 Å². The number of nitrogens with two attached hydrogens (primary N) is 1. The maximum Gasteiger partial charge on any atom is 0.257 e. The number of rotatable bonds is 2. The predicted octanol–water partition coefficient (Wildman–Crippen LogP) is 2.37. The van der Waals surface area contributed by atoms with Crippen molar-refractivity contribution in [2.24, 2.45) is 0 Å². The van der Waals surface area contributed by atoms with E-state index >= 15 is 0 Å². The summed E-state index contributed by atoms with van der Waals surface area (Å²) < 4.78 is 13.0. The predicted molar refractivity (Wildman–Crippen MR) is 66.9 cm³/mol. The normalized spacial score (nSPS) is 10.1. The highest BCUT2D eigenvalue weighted by Gasteiger charge is 2.12. The molecule has 0 aliphatic carbocycles. The Morgan fingerprint density at radius 3 is 2.67 bits per heavy atom. The van der Waals surface area contributed by atoms with E-state index in [-0.39, 0.29) is 22.7 Å². The van der Waals surface area contributed by atoms with E-state index in [9.17, 15) is 14.3 Å². The summed E-state index contributed by atoms with van der Waals surface area (Å²) in [5.74, 6) is -1.19. The first-order valence-corrected chi connectivity index (χ1v) is 5.22. The Balaban J connectivity index is 2.28. The van der Waals surface area contributed by atoms with E-state index in [1.54, 1.807) is 12.1 Å². The number of phenols is 1. The number of hydrogen-bond acceptors (Lipinski definition) is 3. The molecule has 0 radical (unpaired) electrons. The van der Waals surface area contributed by atoms with Gasteiger partial charge in [-0.25, -0.2) is 4.39 Å². The summed E-state index contributed by atoms with van der Waals surface area (Å²) in [6.07, 6.45) is 0. The van der Waals surface area contributed by atoms with Crippen LogP contribution in [0.5, 0.6) is 5.75 Å². The lowest BCUT2D eigenvalue weighted by Crippen LogP contribution is -2.14.